The largest absolute Gasteiger partial charge is 0.456 e. The van der Waals surface area contributed by atoms with Gasteiger partial charge in [0.15, 0.2) is 12.4 Å². The minimum atomic E-state index is -1.17. The van der Waals surface area contributed by atoms with E-state index in [4.69, 9.17) is 9.47 Å². The van der Waals surface area contributed by atoms with E-state index >= 15 is 0 Å². The number of benzene rings is 3. The van der Waals surface area contributed by atoms with Crippen molar-refractivity contribution in [2.75, 3.05) is 6.61 Å². The summed E-state index contributed by atoms with van der Waals surface area (Å²) in [5.74, 6) is -2.77. The molecule has 0 bridgehead atoms. The highest BCUT2D eigenvalue weighted by Gasteiger charge is 2.53. The van der Waals surface area contributed by atoms with E-state index in [1.165, 1.54) is 24.3 Å². The average molecular weight is 633 g/mol. The van der Waals surface area contributed by atoms with Gasteiger partial charge in [-0.1, -0.05) is 53.2 Å². The molecule has 5 rings (SSSR count). The SMILES string of the molecule is CC1CCC2C(=O)N(C(Cc3ccccc3)C(=O)OCC(=O)c3ccc(OC(=O)c4ccc(Br)cc4)cc3)C(=O)C2C1. The third kappa shape index (κ3) is 6.51. The third-order valence-electron chi connectivity index (χ3n) is 7.89. The van der Waals surface area contributed by atoms with Gasteiger partial charge in [0.25, 0.3) is 0 Å². The number of hydrogen-bond acceptors (Lipinski definition) is 7. The van der Waals surface area contributed by atoms with E-state index in [1.807, 2.05) is 30.3 Å². The number of nitrogens with zero attached hydrogens (tertiary/aromatic N) is 1. The van der Waals surface area contributed by atoms with Crippen molar-refractivity contribution in [2.45, 2.75) is 38.6 Å². The van der Waals surface area contributed by atoms with E-state index in [-0.39, 0.29) is 29.5 Å². The fourth-order valence-corrected chi connectivity index (χ4v) is 5.88. The number of esters is 2. The van der Waals surface area contributed by atoms with Gasteiger partial charge >= 0.3 is 11.9 Å². The summed E-state index contributed by atoms with van der Waals surface area (Å²) in [4.78, 5) is 66.5. The van der Waals surface area contributed by atoms with E-state index in [1.54, 1.807) is 24.3 Å². The van der Waals surface area contributed by atoms with Gasteiger partial charge in [-0.05, 0) is 79.3 Å². The zero-order chi connectivity index (χ0) is 29.8. The molecule has 3 aromatic rings. The molecule has 4 unspecified atom stereocenters. The average Bonchev–Trinajstić information content (AvgIpc) is 3.24. The molecule has 1 aliphatic carbocycles. The van der Waals surface area contributed by atoms with Crippen LogP contribution >= 0.6 is 15.9 Å². The zero-order valence-corrected chi connectivity index (χ0v) is 24.6. The fourth-order valence-electron chi connectivity index (χ4n) is 5.62. The number of likely N-dealkylation sites (tertiary alicyclic amines) is 1. The second kappa shape index (κ2) is 12.8. The summed E-state index contributed by atoms with van der Waals surface area (Å²) in [6, 6.07) is 20.6. The number of fused-ring (bicyclic) bond motifs is 1. The maximum atomic E-state index is 13.4. The van der Waals surface area contributed by atoms with Crippen LogP contribution in [0.3, 0.4) is 0 Å². The number of imide groups is 1. The topological polar surface area (TPSA) is 107 Å². The number of amides is 2. The first-order valence-electron chi connectivity index (χ1n) is 13.9. The standard InChI is InChI=1S/C33H30BrNO7/c1-20-7-16-26-27(17-20)31(38)35(30(26)37)28(18-21-5-3-2-4-6-21)33(40)41-19-29(36)22-10-14-25(15-11-22)42-32(39)23-8-12-24(34)13-9-23/h2-6,8-15,20,26-28H,7,16-19H2,1H3. The molecule has 2 aliphatic rings. The Balaban J connectivity index is 1.25. The van der Waals surface area contributed by atoms with E-state index in [0.29, 0.717) is 24.3 Å². The van der Waals surface area contributed by atoms with E-state index in [2.05, 4.69) is 22.9 Å². The molecule has 0 radical (unpaired) electrons. The van der Waals surface area contributed by atoms with Gasteiger partial charge in [0.05, 0.1) is 17.4 Å². The van der Waals surface area contributed by atoms with Crippen molar-refractivity contribution >= 4 is 45.5 Å². The van der Waals surface area contributed by atoms with E-state index in [9.17, 15) is 24.0 Å². The molecular weight excluding hydrogens is 602 g/mol. The molecule has 9 heteroatoms. The summed E-state index contributed by atoms with van der Waals surface area (Å²) in [6.45, 7) is 1.50. The van der Waals surface area contributed by atoms with Crippen molar-refractivity contribution in [1.29, 1.82) is 0 Å². The van der Waals surface area contributed by atoms with Crippen LogP contribution < -0.4 is 4.74 Å². The molecule has 0 aromatic heterocycles. The maximum Gasteiger partial charge on any atom is 0.343 e. The molecule has 0 N–H and O–H groups in total. The van der Waals surface area contributed by atoms with Crippen LogP contribution in [0.25, 0.3) is 0 Å². The lowest BCUT2D eigenvalue weighted by molar-refractivity contribution is -0.158. The van der Waals surface area contributed by atoms with Crippen molar-refractivity contribution in [3.8, 4) is 5.75 Å². The molecule has 8 nitrogen and oxygen atoms in total. The highest BCUT2D eigenvalue weighted by Crippen LogP contribution is 2.41. The Bertz CT molecular complexity index is 1490. The normalized spacial score (nSPS) is 20.5. The van der Waals surface area contributed by atoms with Crippen molar-refractivity contribution < 1.29 is 33.4 Å². The van der Waals surface area contributed by atoms with Gasteiger partial charge in [0.2, 0.25) is 11.8 Å². The summed E-state index contributed by atoms with van der Waals surface area (Å²) in [5.41, 5.74) is 1.39. The smallest absolute Gasteiger partial charge is 0.343 e. The Labute approximate surface area is 252 Å². The summed E-state index contributed by atoms with van der Waals surface area (Å²) in [6.07, 6.45) is 2.19. The number of carbonyl (C=O) groups excluding carboxylic acids is 5. The Kier molecular flexibility index (Phi) is 8.97. The summed E-state index contributed by atoms with van der Waals surface area (Å²) < 4.78 is 11.6. The number of hydrogen-bond donors (Lipinski definition) is 0. The Hall–Kier alpha value is -4.11. The lowest BCUT2D eigenvalue weighted by Crippen LogP contribution is -2.48. The second-order valence-corrected chi connectivity index (χ2v) is 11.8. The molecular formula is C33H30BrNO7. The first kappa shape index (κ1) is 29.4. The highest BCUT2D eigenvalue weighted by atomic mass is 79.9. The van der Waals surface area contributed by atoms with Crippen LogP contribution in [0.15, 0.2) is 83.3 Å². The molecule has 0 spiro atoms. The molecule has 42 heavy (non-hydrogen) atoms. The molecule has 216 valence electrons. The maximum absolute atomic E-state index is 13.4. The lowest BCUT2D eigenvalue weighted by Gasteiger charge is -2.25. The monoisotopic (exact) mass is 631 g/mol. The predicted molar refractivity (Wildman–Crippen MR) is 157 cm³/mol. The lowest BCUT2D eigenvalue weighted by atomic mass is 9.76. The van der Waals surface area contributed by atoms with Gasteiger partial charge in [-0.3, -0.25) is 19.3 Å². The van der Waals surface area contributed by atoms with Gasteiger partial charge < -0.3 is 9.47 Å². The highest BCUT2D eigenvalue weighted by molar-refractivity contribution is 9.10. The van der Waals surface area contributed by atoms with E-state index < -0.39 is 42.2 Å². The van der Waals surface area contributed by atoms with Crippen LogP contribution in [0, 0.1) is 17.8 Å². The molecule has 1 heterocycles. The van der Waals surface area contributed by atoms with Crippen molar-refractivity contribution in [3.05, 3.63) is 100 Å². The van der Waals surface area contributed by atoms with Gasteiger partial charge in [-0.25, -0.2) is 9.59 Å². The molecule has 1 saturated carbocycles. The van der Waals surface area contributed by atoms with E-state index in [0.717, 1.165) is 21.4 Å². The first-order chi connectivity index (χ1) is 20.2. The summed E-state index contributed by atoms with van der Waals surface area (Å²) >= 11 is 3.32. The number of rotatable bonds is 9. The van der Waals surface area contributed by atoms with Gasteiger partial charge in [0.1, 0.15) is 11.8 Å². The summed E-state index contributed by atoms with van der Waals surface area (Å²) in [5, 5.41) is 0. The van der Waals surface area contributed by atoms with Crippen LogP contribution in [-0.4, -0.2) is 47.1 Å². The predicted octanol–water partition coefficient (Wildman–Crippen LogP) is 5.43. The number of carbonyl (C=O) groups is 5. The molecule has 4 atom stereocenters. The number of ketones is 1. The van der Waals surface area contributed by atoms with Gasteiger partial charge in [-0.15, -0.1) is 0 Å². The first-order valence-corrected chi connectivity index (χ1v) is 14.7. The van der Waals surface area contributed by atoms with Crippen LogP contribution in [0.2, 0.25) is 0 Å². The molecule has 1 aliphatic heterocycles. The fraction of sp³-hybridized carbons (Fsp3) is 0.303. The summed E-state index contributed by atoms with van der Waals surface area (Å²) in [7, 11) is 0. The van der Waals surface area contributed by atoms with Crippen molar-refractivity contribution in [3.63, 3.8) is 0 Å². The Morgan fingerprint density at radius 1 is 0.857 bits per heavy atom. The number of halogens is 1. The molecule has 2 fully saturated rings. The molecule has 1 saturated heterocycles. The van der Waals surface area contributed by atoms with Crippen molar-refractivity contribution in [1.82, 2.24) is 4.90 Å². The van der Waals surface area contributed by atoms with Crippen LogP contribution in [0.4, 0.5) is 0 Å². The number of ether oxygens (including phenoxy) is 2. The Morgan fingerprint density at radius 3 is 2.19 bits per heavy atom. The quantitative estimate of drug-likeness (QED) is 0.134. The van der Waals surface area contributed by atoms with Crippen LogP contribution in [0.1, 0.15) is 52.5 Å². The Morgan fingerprint density at radius 2 is 1.50 bits per heavy atom. The van der Waals surface area contributed by atoms with Gasteiger partial charge in [0, 0.05) is 16.5 Å². The minimum Gasteiger partial charge on any atom is -0.456 e. The van der Waals surface area contributed by atoms with Crippen molar-refractivity contribution in [2.24, 2.45) is 17.8 Å². The molecule has 2 amide bonds. The van der Waals surface area contributed by atoms with Crippen LogP contribution in [0.5, 0.6) is 5.75 Å². The number of Topliss-reactive ketones (excluding diaryl/α,β-unsaturated/α-hetero) is 1. The molecule has 3 aromatic carbocycles. The third-order valence-corrected chi connectivity index (χ3v) is 8.42. The second-order valence-electron chi connectivity index (χ2n) is 10.8. The van der Waals surface area contributed by atoms with Gasteiger partial charge in [-0.2, -0.15) is 0 Å². The zero-order valence-electron chi connectivity index (χ0n) is 23.0. The minimum absolute atomic E-state index is 0.0960. The van der Waals surface area contributed by atoms with Crippen LogP contribution in [-0.2, 0) is 25.5 Å².